The van der Waals surface area contributed by atoms with Crippen LogP contribution in [0.4, 0.5) is 0 Å². The first-order chi connectivity index (χ1) is 9.47. The highest BCUT2D eigenvalue weighted by molar-refractivity contribution is 7.09. The Kier molecular flexibility index (Phi) is 7.53. The summed E-state index contributed by atoms with van der Waals surface area (Å²) < 4.78 is 0. The SMILES string of the molecule is C=C(C)CCC/C(C)=C\CC/C(C)=C/c1csc(C)n1. The molecule has 1 heterocycles. The van der Waals surface area contributed by atoms with E-state index in [0.29, 0.717) is 0 Å². The molecule has 0 aliphatic heterocycles. The smallest absolute Gasteiger partial charge is 0.0901 e. The van der Waals surface area contributed by atoms with Crippen LogP contribution in [-0.4, -0.2) is 4.98 Å². The molecule has 1 nitrogen and oxygen atoms in total. The number of allylic oxidation sites excluding steroid dienone is 4. The number of aryl methyl sites for hydroxylation is 1. The topological polar surface area (TPSA) is 12.9 Å². The molecule has 1 aromatic rings. The van der Waals surface area contributed by atoms with E-state index in [-0.39, 0.29) is 0 Å². The highest BCUT2D eigenvalue weighted by Gasteiger charge is 1.96. The van der Waals surface area contributed by atoms with Gasteiger partial charge in [0.2, 0.25) is 0 Å². The molecule has 0 radical (unpaired) electrons. The van der Waals surface area contributed by atoms with Crippen LogP contribution in [0.5, 0.6) is 0 Å². The van der Waals surface area contributed by atoms with Gasteiger partial charge in [0.15, 0.2) is 0 Å². The number of rotatable bonds is 8. The maximum atomic E-state index is 4.47. The second kappa shape index (κ2) is 8.91. The van der Waals surface area contributed by atoms with Crippen molar-refractivity contribution in [2.45, 2.75) is 59.8 Å². The van der Waals surface area contributed by atoms with Crippen LogP contribution >= 0.6 is 11.3 Å². The number of nitrogens with zero attached hydrogens (tertiary/aromatic N) is 1. The monoisotopic (exact) mass is 289 g/mol. The first-order valence-electron chi connectivity index (χ1n) is 7.36. The van der Waals surface area contributed by atoms with E-state index in [1.807, 2.05) is 0 Å². The van der Waals surface area contributed by atoms with Crippen LogP contribution in [0.2, 0.25) is 0 Å². The third-order valence-electron chi connectivity index (χ3n) is 3.24. The Morgan fingerprint density at radius 2 is 1.95 bits per heavy atom. The minimum absolute atomic E-state index is 1.10. The fraction of sp³-hybridized carbons (Fsp3) is 0.500. The zero-order valence-electron chi connectivity index (χ0n) is 13.3. The minimum atomic E-state index is 1.10. The summed E-state index contributed by atoms with van der Waals surface area (Å²) in [7, 11) is 0. The van der Waals surface area contributed by atoms with E-state index in [4.69, 9.17) is 0 Å². The van der Waals surface area contributed by atoms with Crippen LogP contribution in [0.1, 0.15) is 63.6 Å². The maximum absolute atomic E-state index is 4.47. The number of aromatic nitrogens is 1. The van der Waals surface area contributed by atoms with E-state index in [0.717, 1.165) is 30.0 Å². The van der Waals surface area contributed by atoms with E-state index in [1.54, 1.807) is 11.3 Å². The molecular formula is C18H27NS. The van der Waals surface area contributed by atoms with Crippen LogP contribution in [0, 0.1) is 6.92 Å². The Labute approximate surface area is 128 Å². The molecule has 0 saturated heterocycles. The lowest BCUT2D eigenvalue weighted by atomic mass is 10.0. The molecule has 110 valence electrons. The van der Waals surface area contributed by atoms with Gasteiger partial charge in [0.25, 0.3) is 0 Å². The van der Waals surface area contributed by atoms with Gasteiger partial charge in [-0.3, -0.25) is 0 Å². The van der Waals surface area contributed by atoms with Crippen molar-refractivity contribution < 1.29 is 0 Å². The van der Waals surface area contributed by atoms with E-state index in [9.17, 15) is 0 Å². The van der Waals surface area contributed by atoms with E-state index in [1.165, 1.54) is 29.6 Å². The van der Waals surface area contributed by atoms with E-state index >= 15 is 0 Å². The molecule has 0 aromatic carbocycles. The Bertz CT molecular complexity index is 491. The molecule has 0 N–H and O–H groups in total. The van der Waals surface area contributed by atoms with Crippen LogP contribution in [0.3, 0.4) is 0 Å². The van der Waals surface area contributed by atoms with Crippen molar-refractivity contribution in [2.24, 2.45) is 0 Å². The maximum Gasteiger partial charge on any atom is 0.0901 e. The molecule has 0 aliphatic rings. The molecule has 0 saturated carbocycles. The third-order valence-corrected chi connectivity index (χ3v) is 4.03. The minimum Gasteiger partial charge on any atom is -0.242 e. The van der Waals surface area contributed by atoms with Gasteiger partial charge in [-0.2, -0.15) is 0 Å². The molecule has 0 spiro atoms. The van der Waals surface area contributed by atoms with Crippen molar-refractivity contribution in [3.05, 3.63) is 45.5 Å². The van der Waals surface area contributed by atoms with Crippen molar-refractivity contribution in [1.82, 2.24) is 4.98 Å². The first kappa shape index (κ1) is 16.9. The third kappa shape index (κ3) is 7.44. The fourth-order valence-corrected chi connectivity index (χ4v) is 2.66. The predicted octanol–water partition coefficient (Wildman–Crippen LogP) is 6.33. The van der Waals surface area contributed by atoms with Crippen LogP contribution in [0.15, 0.2) is 34.8 Å². The molecule has 0 amide bonds. The zero-order valence-corrected chi connectivity index (χ0v) is 14.1. The Morgan fingerprint density at radius 1 is 1.20 bits per heavy atom. The summed E-state index contributed by atoms with van der Waals surface area (Å²) in [6, 6.07) is 0. The Morgan fingerprint density at radius 3 is 2.55 bits per heavy atom. The molecule has 2 heteroatoms. The van der Waals surface area contributed by atoms with Crippen molar-refractivity contribution in [3.63, 3.8) is 0 Å². The fourth-order valence-electron chi connectivity index (χ4n) is 2.09. The lowest BCUT2D eigenvalue weighted by Gasteiger charge is -2.02. The summed E-state index contributed by atoms with van der Waals surface area (Å²) in [4.78, 5) is 4.47. The second-order valence-electron chi connectivity index (χ2n) is 5.68. The van der Waals surface area contributed by atoms with Gasteiger partial charge in [-0.1, -0.05) is 22.8 Å². The zero-order chi connectivity index (χ0) is 15.0. The van der Waals surface area contributed by atoms with Gasteiger partial charge in [0.05, 0.1) is 10.7 Å². The van der Waals surface area contributed by atoms with Crippen molar-refractivity contribution >= 4 is 17.4 Å². The first-order valence-corrected chi connectivity index (χ1v) is 8.24. The largest absolute Gasteiger partial charge is 0.242 e. The van der Waals surface area contributed by atoms with Crippen LogP contribution < -0.4 is 0 Å². The number of hydrogen-bond donors (Lipinski definition) is 0. The number of thiazole rings is 1. The molecule has 1 aromatic heterocycles. The summed E-state index contributed by atoms with van der Waals surface area (Å²) in [6.45, 7) is 12.5. The van der Waals surface area contributed by atoms with Crippen LogP contribution in [-0.2, 0) is 0 Å². The summed E-state index contributed by atoms with van der Waals surface area (Å²) in [5.74, 6) is 0. The van der Waals surface area contributed by atoms with Gasteiger partial charge >= 0.3 is 0 Å². The van der Waals surface area contributed by atoms with E-state index in [2.05, 4.69) is 56.8 Å². The highest BCUT2D eigenvalue weighted by atomic mass is 32.1. The summed E-state index contributed by atoms with van der Waals surface area (Å²) in [6.07, 6.45) is 10.4. The molecule has 0 unspecified atom stereocenters. The molecular weight excluding hydrogens is 262 g/mol. The average Bonchev–Trinajstić information content (AvgIpc) is 2.74. The predicted molar refractivity (Wildman–Crippen MR) is 92.2 cm³/mol. The normalized spacial score (nSPS) is 12.8. The molecule has 20 heavy (non-hydrogen) atoms. The van der Waals surface area contributed by atoms with Crippen molar-refractivity contribution in [1.29, 1.82) is 0 Å². The average molecular weight is 289 g/mol. The second-order valence-corrected chi connectivity index (χ2v) is 6.74. The molecule has 1 rings (SSSR count). The quantitative estimate of drug-likeness (QED) is 0.510. The summed E-state index contributed by atoms with van der Waals surface area (Å²) >= 11 is 1.71. The van der Waals surface area contributed by atoms with Gasteiger partial charge in [-0.05, 0) is 65.9 Å². The lowest BCUT2D eigenvalue weighted by Crippen LogP contribution is -1.83. The van der Waals surface area contributed by atoms with E-state index < -0.39 is 0 Å². The van der Waals surface area contributed by atoms with Gasteiger partial charge in [0.1, 0.15) is 0 Å². The molecule has 0 fully saturated rings. The highest BCUT2D eigenvalue weighted by Crippen LogP contribution is 2.16. The van der Waals surface area contributed by atoms with Gasteiger partial charge in [0, 0.05) is 5.38 Å². The molecule has 0 atom stereocenters. The lowest BCUT2D eigenvalue weighted by molar-refractivity contribution is 0.798. The summed E-state index contributed by atoms with van der Waals surface area (Å²) in [5.41, 5.74) is 5.30. The molecule has 0 aliphatic carbocycles. The summed E-state index contributed by atoms with van der Waals surface area (Å²) in [5, 5.41) is 3.26. The van der Waals surface area contributed by atoms with Gasteiger partial charge < -0.3 is 0 Å². The van der Waals surface area contributed by atoms with Gasteiger partial charge in [-0.15, -0.1) is 17.9 Å². The van der Waals surface area contributed by atoms with Crippen LogP contribution in [0.25, 0.3) is 6.08 Å². The van der Waals surface area contributed by atoms with Gasteiger partial charge in [-0.25, -0.2) is 4.98 Å². The molecule has 0 bridgehead atoms. The standard InChI is InChI=1S/C18H27NS/c1-14(2)8-6-9-15(3)10-7-11-16(4)12-18-13-20-17(5)19-18/h10,12-13H,1,6-9,11H2,2-5H3/b15-10-,16-12+. The number of hydrogen-bond acceptors (Lipinski definition) is 2. The van der Waals surface area contributed by atoms with Crippen molar-refractivity contribution in [2.75, 3.05) is 0 Å². The van der Waals surface area contributed by atoms with Crippen molar-refractivity contribution in [3.8, 4) is 0 Å². The Balaban J connectivity index is 2.31. The Hall–Kier alpha value is -1.15.